The average molecular weight is 226 g/mol. The van der Waals surface area contributed by atoms with Gasteiger partial charge in [-0.1, -0.05) is 0 Å². The van der Waals surface area contributed by atoms with E-state index in [0.29, 0.717) is 5.39 Å². The van der Waals surface area contributed by atoms with Gasteiger partial charge in [-0.15, -0.1) is 0 Å². The highest BCUT2D eigenvalue weighted by Gasteiger charge is 2.12. The van der Waals surface area contributed by atoms with Crippen LogP contribution in [0.3, 0.4) is 0 Å². The fraction of sp³-hybridized carbons (Fsp3) is 0.125. The van der Waals surface area contributed by atoms with Crippen molar-refractivity contribution < 1.29 is 12.8 Å². The zero-order valence-electron chi connectivity index (χ0n) is 7.67. The SMILES string of the molecule is CS(=O)(=O)c1ncc2ccc(=O)oc2n1. The van der Waals surface area contributed by atoms with Gasteiger partial charge in [0.25, 0.3) is 0 Å². The second-order valence-corrected chi connectivity index (χ2v) is 4.85. The molecule has 0 fully saturated rings. The van der Waals surface area contributed by atoms with Gasteiger partial charge in [-0.05, 0) is 6.07 Å². The number of fused-ring (bicyclic) bond motifs is 1. The first-order chi connectivity index (χ1) is 6.97. The van der Waals surface area contributed by atoms with Crippen LogP contribution in [0.2, 0.25) is 0 Å². The smallest absolute Gasteiger partial charge is 0.337 e. The number of hydrogen-bond donors (Lipinski definition) is 0. The van der Waals surface area contributed by atoms with Gasteiger partial charge in [-0.3, -0.25) is 0 Å². The summed E-state index contributed by atoms with van der Waals surface area (Å²) in [6, 6.07) is 2.68. The van der Waals surface area contributed by atoms with Crippen LogP contribution in [0.5, 0.6) is 0 Å². The molecule has 15 heavy (non-hydrogen) atoms. The quantitative estimate of drug-likeness (QED) is 0.635. The summed E-state index contributed by atoms with van der Waals surface area (Å²) in [6.45, 7) is 0. The van der Waals surface area contributed by atoms with Crippen molar-refractivity contribution in [3.05, 3.63) is 28.7 Å². The molecule has 7 heteroatoms. The molecule has 0 bridgehead atoms. The molecule has 0 saturated heterocycles. The maximum absolute atomic E-state index is 11.1. The summed E-state index contributed by atoms with van der Waals surface area (Å²) in [5.74, 6) is 0. The first-order valence-electron chi connectivity index (χ1n) is 3.94. The molecule has 2 aromatic rings. The van der Waals surface area contributed by atoms with E-state index in [4.69, 9.17) is 4.42 Å². The fourth-order valence-electron chi connectivity index (χ4n) is 1.02. The van der Waals surface area contributed by atoms with Crippen molar-refractivity contribution in [3.8, 4) is 0 Å². The first kappa shape index (κ1) is 9.78. The topological polar surface area (TPSA) is 90.1 Å². The van der Waals surface area contributed by atoms with Crippen LogP contribution in [0.15, 0.2) is 32.7 Å². The molecule has 0 atom stereocenters. The van der Waals surface area contributed by atoms with Crippen molar-refractivity contribution in [2.45, 2.75) is 5.16 Å². The molecule has 0 aromatic carbocycles. The van der Waals surface area contributed by atoms with E-state index >= 15 is 0 Å². The van der Waals surface area contributed by atoms with Gasteiger partial charge in [0, 0.05) is 18.5 Å². The van der Waals surface area contributed by atoms with Gasteiger partial charge in [0.05, 0.1) is 5.39 Å². The van der Waals surface area contributed by atoms with E-state index in [-0.39, 0.29) is 10.9 Å². The average Bonchev–Trinajstić information content (AvgIpc) is 2.15. The molecule has 0 aliphatic heterocycles. The maximum atomic E-state index is 11.1. The molecular weight excluding hydrogens is 220 g/mol. The fourth-order valence-corrected chi connectivity index (χ4v) is 1.52. The van der Waals surface area contributed by atoms with Gasteiger partial charge >= 0.3 is 5.63 Å². The third kappa shape index (κ3) is 1.86. The van der Waals surface area contributed by atoms with E-state index in [9.17, 15) is 13.2 Å². The lowest BCUT2D eigenvalue weighted by Gasteiger charge is -1.97. The Hall–Kier alpha value is -1.76. The molecular formula is C8H6N2O4S. The van der Waals surface area contributed by atoms with Gasteiger partial charge in [0.1, 0.15) is 0 Å². The summed E-state index contributed by atoms with van der Waals surface area (Å²) in [4.78, 5) is 18.2. The number of aromatic nitrogens is 2. The van der Waals surface area contributed by atoms with Crippen LogP contribution in [0.25, 0.3) is 11.1 Å². The van der Waals surface area contributed by atoms with Gasteiger partial charge in [0.2, 0.25) is 20.7 Å². The Morgan fingerprint density at radius 3 is 2.73 bits per heavy atom. The first-order valence-corrected chi connectivity index (χ1v) is 5.83. The molecule has 0 unspecified atom stereocenters. The third-order valence-electron chi connectivity index (χ3n) is 1.69. The minimum atomic E-state index is -3.49. The highest BCUT2D eigenvalue weighted by molar-refractivity contribution is 7.90. The Morgan fingerprint density at radius 1 is 1.33 bits per heavy atom. The maximum Gasteiger partial charge on any atom is 0.337 e. The molecule has 0 saturated carbocycles. The Morgan fingerprint density at radius 2 is 2.07 bits per heavy atom. The van der Waals surface area contributed by atoms with E-state index in [1.165, 1.54) is 18.3 Å². The molecule has 6 nitrogen and oxygen atoms in total. The van der Waals surface area contributed by atoms with Crippen LogP contribution >= 0.6 is 0 Å². The number of nitrogens with zero attached hydrogens (tertiary/aromatic N) is 2. The molecule has 2 aromatic heterocycles. The number of rotatable bonds is 1. The zero-order valence-corrected chi connectivity index (χ0v) is 8.48. The van der Waals surface area contributed by atoms with Gasteiger partial charge in [0.15, 0.2) is 0 Å². The third-order valence-corrected chi connectivity index (χ3v) is 2.55. The molecule has 0 aliphatic carbocycles. The Labute approximate surface area is 84.5 Å². The standard InChI is InChI=1S/C8H6N2O4S/c1-15(12,13)8-9-4-5-2-3-6(11)14-7(5)10-8/h2-4H,1H3. The van der Waals surface area contributed by atoms with Crippen molar-refractivity contribution in [2.75, 3.05) is 6.26 Å². The van der Waals surface area contributed by atoms with Crippen LogP contribution in [0.1, 0.15) is 0 Å². The molecule has 2 heterocycles. The summed E-state index contributed by atoms with van der Waals surface area (Å²) in [5.41, 5.74) is -0.612. The van der Waals surface area contributed by atoms with Gasteiger partial charge in [-0.25, -0.2) is 18.2 Å². The van der Waals surface area contributed by atoms with E-state index in [2.05, 4.69) is 9.97 Å². The molecule has 0 N–H and O–H groups in total. The number of hydrogen-bond acceptors (Lipinski definition) is 6. The van der Waals surface area contributed by atoms with Crippen LogP contribution in [-0.2, 0) is 9.84 Å². The van der Waals surface area contributed by atoms with Crippen molar-refractivity contribution in [2.24, 2.45) is 0 Å². The van der Waals surface area contributed by atoms with Gasteiger partial charge < -0.3 is 4.42 Å². The summed E-state index contributed by atoms with van der Waals surface area (Å²) in [7, 11) is -3.49. The van der Waals surface area contributed by atoms with Crippen LogP contribution in [-0.4, -0.2) is 24.6 Å². The lowest BCUT2D eigenvalue weighted by molar-refractivity contribution is 0.540. The number of sulfone groups is 1. The summed E-state index contributed by atoms with van der Waals surface area (Å²) >= 11 is 0. The monoisotopic (exact) mass is 226 g/mol. The predicted octanol–water partition coefficient (Wildman–Crippen LogP) is -0.0135. The molecule has 78 valence electrons. The minimum absolute atomic E-state index is 0.0297. The van der Waals surface area contributed by atoms with E-state index in [0.717, 1.165) is 6.26 Å². The van der Waals surface area contributed by atoms with E-state index in [1.54, 1.807) is 0 Å². The Kier molecular flexibility index (Phi) is 2.04. The normalized spacial score (nSPS) is 11.8. The van der Waals surface area contributed by atoms with Crippen molar-refractivity contribution in [1.82, 2.24) is 9.97 Å². The molecule has 0 radical (unpaired) electrons. The van der Waals surface area contributed by atoms with Crippen LogP contribution < -0.4 is 5.63 Å². The summed E-state index contributed by atoms with van der Waals surface area (Å²) in [5, 5.41) is 0.117. The van der Waals surface area contributed by atoms with Gasteiger partial charge in [-0.2, -0.15) is 4.98 Å². The van der Waals surface area contributed by atoms with Crippen LogP contribution in [0, 0.1) is 0 Å². The molecule has 0 amide bonds. The van der Waals surface area contributed by atoms with Crippen molar-refractivity contribution >= 4 is 20.9 Å². The Bertz CT molecular complexity index is 674. The molecule has 2 rings (SSSR count). The predicted molar refractivity (Wildman–Crippen MR) is 51.2 cm³/mol. The second-order valence-electron chi connectivity index (χ2n) is 2.94. The highest BCUT2D eigenvalue weighted by atomic mass is 32.2. The van der Waals surface area contributed by atoms with Crippen molar-refractivity contribution in [1.29, 1.82) is 0 Å². The van der Waals surface area contributed by atoms with E-state index in [1.807, 2.05) is 0 Å². The Balaban J connectivity index is 2.81. The summed E-state index contributed by atoms with van der Waals surface area (Å²) in [6.07, 6.45) is 2.27. The lowest BCUT2D eigenvalue weighted by atomic mass is 10.4. The lowest BCUT2D eigenvalue weighted by Crippen LogP contribution is -2.05. The second kappa shape index (κ2) is 3.13. The summed E-state index contributed by atoms with van der Waals surface area (Å²) < 4.78 is 27.0. The minimum Gasteiger partial charge on any atom is -0.403 e. The largest absolute Gasteiger partial charge is 0.403 e. The zero-order chi connectivity index (χ0) is 11.1. The molecule has 0 spiro atoms. The molecule has 0 aliphatic rings. The highest BCUT2D eigenvalue weighted by Crippen LogP contribution is 2.09. The van der Waals surface area contributed by atoms with E-state index < -0.39 is 15.5 Å². The van der Waals surface area contributed by atoms with Crippen molar-refractivity contribution in [3.63, 3.8) is 0 Å². The van der Waals surface area contributed by atoms with Crippen LogP contribution in [0.4, 0.5) is 0 Å².